The minimum atomic E-state index is -4.55. The number of hydrogen-bond acceptors (Lipinski definition) is 6. The van der Waals surface area contributed by atoms with E-state index in [0.29, 0.717) is 24.2 Å². The summed E-state index contributed by atoms with van der Waals surface area (Å²) in [5, 5.41) is 0. The maximum Gasteiger partial charge on any atom is 0.446 e. The summed E-state index contributed by atoms with van der Waals surface area (Å²) in [6.07, 6.45) is 4.30. The predicted octanol–water partition coefficient (Wildman–Crippen LogP) is 2.91. The van der Waals surface area contributed by atoms with E-state index in [1.54, 1.807) is 12.1 Å². The Morgan fingerprint density at radius 2 is 1.86 bits per heavy atom. The van der Waals surface area contributed by atoms with Gasteiger partial charge in [-0.2, -0.15) is 16.8 Å². The van der Waals surface area contributed by atoms with Crippen molar-refractivity contribution in [3.63, 3.8) is 0 Å². The van der Waals surface area contributed by atoms with E-state index in [2.05, 4.69) is 11.1 Å². The van der Waals surface area contributed by atoms with Gasteiger partial charge in [0.15, 0.2) is 0 Å². The van der Waals surface area contributed by atoms with Gasteiger partial charge in [-0.05, 0) is 85.0 Å². The van der Waals surface area contributed by atoms with Crippen LogP contribution in [-0.2, 0) is 31.4 Å². The van der Waals surface area contributed by atoms with E-state index >= 15 is 0 Å². The highest BCUT2D eigenvalue weighted by Gasteiger charge is 2.56. The lowest BCUT2D eigenvalue weighted by atomic mass is 9.55. The smallest absolute Gasteiger partial charge is 0.362 e. The molecule has 4 rings (SSSR count). The molecule has 3 aliphatic rings. The van der Waals surface area contributed by atoms with E-state index in [4.69, 9.17) is 13.3 Å². The summed E-state index contributed by atoms with van der Waals surface area (Å²) in [6, 6.07) is 5.10. The van der Waals surface area contributed by atoms with E-state index < -0.39 is 26.9 Å². The standard InChI is InChI=1S/C18H24O8S2/c1-18-9-8-14-13-5-3-12(25-27(19,20)21)10-11(13)2-4-15(14)16(18)6-7-17(18)26-28(22,23)24/h3,5,10,14-17H,2,4,6-9H2,1H3,(H,19,20,21)(H,22,23,24)/t14-,15-,16+,17-,18+/m1/s1/i12+2. The van der Waals surface area contributed by atoms with Gasteiger partial charge in [-0.1, -0.05) is 13.0 Å². The molecule has 1 aromatic carbocycles. The molecule has 0 spiro atoms. The van der Waals surface area contributed by atoms with Crippen LogP contribution in [0.5, 0.6) is 5.75 Å². The van der Waals surface area contributed by atoms with Crippen molar-refractivity contribution in [2.24, 2.45) is 17.3 Å². The van der Waals surface area contributed by atoms with Crippen molar-refractivity contribution in [2.75, 3.05) is 0 Å². The van der Waals surface area contributed by atoms with Gasteiger partial charge in [-0.3, -0.25) is 9.11 Å². The molecule has 8 nitrogen and oxygen atoms in total. The molecule has 0 radical (unpaired) electrons. The van der Waals surface area contributed by atoms with E-state index in [-0.39, 0.29) is 11.2 Å². The van der Waals surface area contributed by atoms with Crippen LogP contribution >= 0.6 is 0 Å². The highest BCUT2D eigenvalue weighted by Crippen LogP contribution is 2.61. The number of hydrogen-bond donors (Lipinski definition) is 2. The first-order chi connectivity index (χ1) is 13.0. The Balaban J connectivity index is 1.59. The van der Waals surface area contributed by atoms with Crippen molar-refractivity contribution in [3.8, 4) is 5.75 Å². The quantitative estimate of drug-likeness (QED) is 0.693. The molecule has 28 heavy (non-hydrogen) atoms. The average molecular weight is 435 g/mol. The van der Waals surface area contributed by atoms with Gasteiger partial charge in [0, 0.05) is 0 Å². The molecule has 3 aliphatic carbocycles. The third-order valence-electron chi connectivity index (χ3n) is 7.05. The van der Waals surface area contributed by atoms with Gasteiger partial charge in [0.25, 0.3) is 0 Å². The molecular weight excluding hydrogens is 410 g/mol. The van der Waals surface area contributed by atoms with Crippen LogP contribution in [0, 0.1) is 17.3 Å². The Bertz CT molecular complexity index is 987. The SMILES string of the molecule is C[C@]12CC[C@@H]3c4cc[14c](OS(=O)(=O)O)cc4CC[C@H]3[C@@H]1CC[C@H]2OS(=O)(=O)O. The normalized spacial score (nSPS) is 35.0. The largest absolute Gasteiger partial charge is 0.446 e. The Kier molecular flexibility index (Phi) is 4.78. The highest BCUT2D eigenvalue weighted by molar-refractivity contribution is 7.81. The Labute approximate surface area is 165 Å². The number of fused-ring (bicyclic) bond motifs is 5. The van der Waals surface area contributed by atoms with Crippen molar-refractivity contribution in [1.29, 1.82) is 0 Å². The molecule has 0 amide bonds. The molecule has 156 valence electrons. The summed E-state index contributed by atoms with van der Waals surface area (Å²) >= 11 is 0. The molecule has 2 N–H and O–H groups in total. The third kappa shape index (κ3) is 3.68. The Morgan fingerprint density at radius 1 is 1.11 bits per heavy atom. The lowest BCUT2D eigenvalue weighted by Gasteiger charge is -2.50. The van der Waals surface area contributed by atoms with Gasteiger partial charge in [0.1, 0.15) is 5.75 Å². The van der Waals surface area contributed by atoms with Crippen molar-refractivity contribution in [1.82, 2.24) is 0 Å². The molecular formula is C18H24O8S2. The first-order valence-electron chi connectivity index (χ1n) is 9.42. The summed E-state index contributed by atoms with van der Waals surface area (Å²) in [7, 11) is -9.03. The summed E-state index contributed by atoms with van der Waals surface area (Å²) in [6.45, 7) is 2.06. The number of aryl methyl sites for hydroxylation is 1. The zero-order chi connectivity index (χ0) is 20.3. The second kappa shape index (κ2) is 6.66. The maximum atomic E-state index is 11.2. The lowest BCUT2D eigenvalue weighted by Crippen LogP contribution is -2.45. The zero-order valence-electron chi connectivity index (χ0n) is 15.4. The minimum absolute atomic E-state index is 0.0998. The molecule has 0 unspecified atom stereocenters. The van der Waals surface area contributed by atoms with Gasteiger partial charge in [0.05, 0.1) is 6.10 Å². The highest BCUT2D eigenvalue weighted by atomic mass is 32.3. The van der Waals surface area contributed by atoms with Crippen LogP contribution in [0.25, 0.3) is 0 Å². The van der Waals surface area contributed by atoms with Gasteiger partial charge >= 0.3 is 20.8 Å². The second-order valence-electron chi connectivity index (χ2n) is 8.42. The van der Waals surface area contributed by atoms with Crippen molar-refractivity contribution in [2.45, 2.75) is 57.5 Å². The van der Waals surface area contributed by atoms with Crippen molar-refractivity contribution >= 4 is 20.8 Å². The summed E-state index contributed by atoms with van der Waals surface area (Å²) < 4.78 is 72.0. The van der Waals surface area contributed by atoms with Crippen molar-refractivity contribution < 1.29 is 34.3 Å². The topological polar surface area (TPSA) is 127 Å². The third-order valence-corrected chi connectivity index (χ3v) is 7.93. The second-order valence-corrected chi connectivity index (χ2v) is 10.5. The van der Waals surface area contributed by atoms with Crippen LogP contribution < -0.4 is 4.18 Å². The fraction of sp³-hybridized carbons (Fsp3) is 0.667. The first-order valence-corrected chi connectivity index (χ1v) is 12.1. The first kappa shape index (κ1) is 20.1. The van der Waals surface area contributed by atoms with Gasteiger partial charge in [0.2, 0.25) is 0 Å². The Hall–Kier alpha value is -1.20. The molecule has 0 aliphatic heterocycles. The monoisotopic (exact) mass is 434 g/mol. The van der Waals surface area contributed by atoms with Crippen LogP contribution in [0.1, 0.15) is 56.1 Å². The van der Waals surface area contributed by atoms with Gasteiger partial charge in [-0.15, -0.1) is 0 Å². The molecule has 2 fully saturated rings. The molecule has 0 heterocycles. The molecule has 0 aromatic heterocycles. The molecule has 2 saturated carbocycles. The van der Waals surface area contributed by atoms with Crippen LogP contribution in [0.3, 0.4) is 0 Å². The number of benzene rings is 1. The van der Waals surface area contributed by atoms with Crippen LogP contribution in [0.4, 0.5) is 0 Å². The van der Waals surface area contributed by atoms with E-state index in [9.17, 15) is 16.8 Å². The number of rotatable bonds is 4. The van der Waals surface area contributed by atoms with Crippen LogP contribution in [0.2, 0.25) is 0 Å². The van der Waals surface area contributed by atoms with Gasteiger partial charge in [-0.25, -0.2) is 4.18 Å². The molecule has 10 heteroatoms. The lowest BCUT2D eigenvalue weighted by molar-refractivity contribution is -0.0121. The van der Waals surface area contributed by atoms with E-state index in [0.717, 1.165) is 37.7 Å². The average Bonchev–Trinajstić information content (AvgIpc) is 2.88. The van der Waals surface area contributed by atoms with Crippen LogP contribution in [0.15, 0.2) is 18.2 Å². The zero-order valence-corrected chi connectivity index (χ0v) is 17.1. The summed E-state index contributed by atoms with van der Waals surface area (Å²) in [5.41, 5.74) is 1.90. The van der Waals surface area contributed by atoms with Gasteiger partial charge < -0.3 is 4.18 Å². The summed E-state index contributed by atoms with van der Waals surface area (Å²) in [4.78, 5) is 0. The molecule has 0 saturated heterocycles. The maximum absolute atomic E-state index is 11.2. The molecule has 0 bridgehead atoms. The predicted molar refractivity (Wildman–Crippen MR) is 99.7 cm³/mol. The molecule has 1 aromatic rings. The van der Waals surface area contributed by atoms with E-state index in [1.165, 1.54) is 5.56 Å². The van der Waals surface area contributed by atoms with Crippen molar-refractivity contribution in [3.05, 3.63) is 29.3 Å². The van der Waals surface area contributed by atoms with Crippen LogP contribution in [-0.4, -0.2) is 32.0 Å². The summed E-state index contributed by atoms with van der Waals surface area (Å²) in [5.74, 6) is 1.10. The Morgan fingerprint density at radius 3 is 2.54 bits per heavy atom. The molecule has 5 atom stereocenters. The fourth-order valence-corrected chi connectivity index (χ4v) is 6.95. The van der Waals surface area contributed by atoms with E-state index in [1.807, 2.05) is 6.07 Å². The minimum Gasteiger partial charge on any atom is -0.362 e. The fourth-order valence-electron chi connectivity index (χ4n) is 5.99.